The SMILES string of the molecule is CCc1ccc(C(=O)C(C(=O)Oc2c(C)cc(C)cc2C)=C2Nc3cc(C)ccc3OC2=O)cc1. The van der Waals surface area contributed by atoms with Crippen LogP contribution in [0.4, 0.5) is 5.69 Å². The Hall–Kier alpha value is -4.19. The van der Waals surface area contributed by atoms with Crippen molar-refractivity contribution in [1.82, 2.24) is 0 Å². The third kappa shape index (κ3) is 4.87. The van der Waals surface area contributed by atoms with E-state index in [4.69, 9.17) is 9.47 Å². The van der Waals surface area contributed by atoms with Gasteiger partial charge in [-0.15, -0.1) is 0 Å². The molecule has 0 amide bonds. The lowest BCUT2D eigenvalue weighted by molar-refractivity contribution is -0.133. The number of carbonyl (C=O) groups excluding carboxylic acids is 3. The molecule has 1 N–H and O–H groups in total. The van der Waals surface area contributed by atoms with Crippen molar-refractivity contribution in [2.24, 2.45) is 0 Å². The number of rotatable bonds is 5. The van der Waals surface area contributed by atoms with Crippen molar-refractivity contribution < 1.29 is 23.9 Å². The maximum atomic E-state index is 13.6. The number of ketones is 1. The second-order valence-corrected chi connectivity index (χ2v) is 8.76. The van der Waals surface area contributed by atoms with E-state index in [0.29, 0.717) is 17.2 Å². The van der Waals surface area contributed by atoms with Crippen LogP contribution in [0.3, 0.4) is 0 Å². The van der Waals surface area contributed by atoms with Crippen molar-refractivity contribution in [1.29, 1.82) is 0 Å². The van der Waals surface area contributed by atoms with Gasteiger partial charge in [0.05, 0.1) is 5.69 Å². The Bertz CT molecular complexity index is 1360. The minimum atomic E-state index is -0.930. The van der Waals surface area contributed by atoms with Gasteiger partial charge in [0.2, 0.25) is 5.78 Å². The van der Waals surface area contributed by atoms with E-state index < -0.39 is 23.3 Å². The van der Waals surface area contributed by atoms with Crippen LogP contribution in [0, 0.1) is 27.7 Å². The summed E-state index contributed by atoms with van der Waals surface area (Å²) in [5.41, 5.74) is 4.58. The number of carbonyl (C=O) groups is 3. The van der Waals surface area contributed by atoms with Crippen LogP contribution in [0.2, 0.25) is 0 Å². The van der Waals surface area contributed by atoms with Gasteiger partial charge in [-0.05, 0) is 68.5 Å². The molecule has 1 aliphatic heterocycles. The molecule has 0 unspecified atom stereocenters. The molecule has 0 aliphatic carbocycles. The number of hydrogen-bond donors (Lipinski definition) is 1. The number of esters is 2. The van der Waals surface area contributed by atoms with Crippen LogP contribution in [-0.2, 0) is 16.0 Å². The monoisotopic (exact) mass is 469 g/mol. The Kier molecular flexibility index (Phi) is 6.56. The molecule has 6 nitrogen and oxygen atoms in total. The molecule has 35 heavy (non-hydrogen) atoms. The van der Waals surface area contributed by atoms with Crippen LogP contribution < -0.4 is 14.8 Å². The molecule has 0 atom stereocenters. The smallest absolute Gasteiger partial charge is 0.361 e. The first-order valence-corrected chi connectivity index (χ1v) is 11.5. The van der Waals surface area contributed by atoms with E-state index in [0.717, 1.165) is 34.2 Å². The van der Waals surface area contributed by atoms with Crippen molar-refractivity contribution in [3.8, 4) is 11.5 Å². The Morgan fingerprint density at radius 2 is 1.54 bits per heavy atom. The number of Topliss-reactive ketones (excluding diaryl/α,β-unsaturated/α-hetero) is 1. The highest BCUT2D eigenvalue weighted by Crippen LogP contribution is 2.34. The predicted octanol–water partition coefficient (Wildman–Crippen LogP) is 5.56. The van der Waals surface area contributed by atoms with Crippen LogP contribution in [0.15, 0.2) is 65.9 Å². The molecule has 178 valence electrons. The standard InChI is InChI=1S/C29H27NO5/c1-6-20-8-10-21(11-9-20)26(31)24(28(32)35-27-18(4)13-17(3)14-19(27)5)25-29(33)34-23-12-7-16(2)15-22(23)30-25/h7-15,30H,6H2,1-5H3. The van der Waals surface area contributed by atoms with Crippen LogP contribution in [0.5, 0.6) is 11.5 Å². The molecule has 3 aromatic rings. The van der Waals surface area contributed by atoms with Crippen molar-refractivity contribution in [2.75, 3.05) is 5.32 Å². The number of aryl methyl sites for hydroxylation is 5. The van der Waals surface area contributed by atoms with E-state index in [1.54, 1.807) is 30.3 Å². The number of ether oxygens (including phenoxy) is 2. The van der Waals surface area contributed by atoms with E-state index in [2.05, 4.69) is 5.32 Å². The van der Waals surface area contributed by atoms with Crippen molar-refractivity contribution in [3.05, 3.63) is 99.2 Å². The summed E-state index contributed by atoms with van der Waals surface area (Å²) in [7, 11) is 0. The lowest BCUT2D eigenvalue weighted by Crippen LogP contribution is -2.31. The summed E-state index contributed by atoms with van der Waals surface area (Å²) in [5, 5.41) is 2.95. The number of hydrogen-bond acceptors (Lipinski definition) is 6. The van der Waals surface area contributed by atoms with Gasteiger partial charge in [-0.25, -0.2) is 9.59 Å². The van der Waals surface area contributed by atoms with Crippen LogP contribution in [0.25, 0.3) is 0 Å². The number of anilines is 1. The largest absolute Gasteiger partial charge is 0.422 e. The number of benzene rings is 3. The molecule has 0 saturated heterocycles. The maximum absolute atomic E-state index is 13.6. The van der Waals surface area contributed by atoms with Gasteiger partial charge >= 0.3 is 11.9 Å². The molecular formula is C29H27NO5. The third-order valence-corrected chi connectivity index (χ3v) is 5.91. The lowest BCUT2D eigenvalue weighted by atomic mass is 9.98. The third-order valence-electron chi connectivity index (χ3n) is 5.91. The average Bonchev–Trinajstić information content (AvgIpc) is 2.82. The van der Waals surface area contributed by atoms with E-state index in [1.165, 1.54) is 0 Å². The second-order valence-electron chi connectivity index (χ2n) is 8.76. The van der Waals surface area contributed by atoms with Gasteiger partial charge in [-0.1, -0.05) is 55.0 Å². The first kappa shape index (κ1) is 24.0. The van der Waals surface area contributed by atoms with E-state index in [9.17, 15) is 14.4 Å². The normalized spacial score (nSPS) is 13.9. The molecule has 0 aromatic heterocycles. The summed E-state index contributed by atoms with van der Waals surface area (Å²) in [6.07, 6.45) is 0.806. The first-order chi connectivity index (χ1) is 16.7. The molecule has 1 heterocycles. The highest BCUT2D eigenvalue weighted by atomic mass is 16.5. The molecule has 0 spiro atoms. The zero-order chi connectivity index (χ0) is 25.3. The number of fused-ring (bicyclic) bond motifs is 1. The quantitative estimate of drug-likeness (QED) is 0.132. The van der Waals surface area contributed by atoms with Crippen molar-refractivity contribution in [3.63, 3.8) is 0 Å². The topological polar surface area (TPSA) is 81.7 Å². The van der Waals surface area contributed by atoms with Gasteiger partial charge in [0, 0.05) is 5.56 Å². The van der Waals surface area contributed by atoms with Gasteiger partial charge in [-0.2, -0.15) is 0 Å². The van der Waals surface area contributed by atoms with Gasteiger partial charge in [0.1, 0.15) is 17.0 Å². The van der Waals surface area contributed by atoms with Gasteiger partial charge in [0.15, 0.2) is 5.75 Å². The van der Waals surface area contributed by atoms with Crippen molar-refractivity contribution in [2.45, 2.75) is 41.0 Å². The van der Waals surface area contributed by atoms with E-state index in [1.807, 2.05) is 58.9 Å². The average molecular weight is 470 g/mol. The highest BCUT2D eigenvalue weighted by Gasteiger charge is 2.34. The predicted molar refractivity (Wildman–Crippen MR) is 134 cm³/mol. The van der Waals surface area contributed by atoms with Crippen molar-refractivity contribution >= 4 is 23.4 Å². The van der Waals surface area contributed by atoms with Gasteiger partial charge < -0.3 is 14.8 Å². The van der Waals surface area contributed by atoms with Gasteiger partial charge in [0.25, 0.3) is 0 Å². The van der Waals surface area contributed by atoms with Crippen LogP contribution in [-0.4, -0.2) is 17.7 Å². The van der Waals surface area contributed by atoms with Gasteiger partial charge in [-0.3, -0.25) is 4.79 Å². The van der Waals surface area contributed by atoms with Crippen LogP contribution in [0.1, 0.15) is 45.1 Å². The summed E-state index contributed by atoms with van der Waals surface area (Å²) in [6, 6.07) is 15.9. The Morgan fingerprint density at radius 1 is 0.886 bits per heavy atom. The Morgan fingerprint density at radius 3 is 2.17 bits per heavy atom. The molecular weight excluding hydrogens is 442 g/mol. The van der Waals surface area contributed by atoms with Crippen LogP contribution >= 0.6 is 0 Å². The first-order valence-electron chi connectivity index (χ1n) is 11.5. The molecule has 1 aliphatic rings. The fourth-order valence-electron chi connectivity index (χ4n) is 4.15. The number of nitrogens with one attached hydrogen (secondary N) is 1. The lowest BCUT2D eigenvalue weighted by Gasteiger charge is -2.22. The molecule has 0 radical (unpaired) electrons. The summed E-state index contributed by atoms with van der Waals surface area (Å²) in [6.45, 7) is 9.50. The van der Waals surface area contributed by atoms with E-state index in [-0.39, 0.29) is 11.3 Å². The fourth-order valence-corrected chi connectivity index (χ4v) is 4.15. The fraction of sp³-hybridized carbons (Fsp3) is 0.207. The molecule has 3 aromatic carbocycles. The zero-order valence-electron chi connectivity index (χ0n) is 20.4. The Labute approximate surface area is 204 Å². The zero-order valence-corrected chi connectivity index (χ0v) is 20.4. The molecule has 0 saturated carbocycles. The maximum Gasteiger partial charge on any atom is 0.361 e. The highest BCUT2D eigenvalue weighted by molar-refractivity contribution is 6.28. The molecule has 0 bridgehead atoms. The Balaban J connectivity index is 1.83. The summed E-state index contributed by atoms with van der Waals surface area (Å²) < 4.78 is 11.2. The molecule has 6 heteroatoms. The second kappa shape index (κ2) is 9.58. The summed E-state index contributed by atoms with van der Waals surface area (Å²) in [4.78, 5) is 40.1. The summed E-state index contributed by atoms with van der Waals surface area (Å²) in [5.74, 6) is -1.71. The van der Waals surface area contributed by atoms with E-state index >= 15 is 0 Å². The minimum Gasteiger partial charge on any atom is -0.422 e. The molecule has 4 rings (SSSR count). The summed E-state index contributed by atoms with van der Waals surface area (Å²) >= 11 is 0. The molecule has 0 fully saturated rings. The minimum absolute atomic E-state index is 0.250.